The number of amides is 3. The number of hydrogen-bond donors (Lipinski definition) is 1. The molecule has 0 atom stereocenters. The minimum atomic E-state index is -0.390. The van der Waals surface area contributed by atoms with Crippen molar-refractivity contribution in [3.8, 4) is 11.8 Å². The third-order valence-corrected chi connectivity index (χ3v) is 7.33. The smallest absolute Gasteiger partial charge is 0.303 e. The van der Waals surface area contributed by atoms with Gasteiger partial charge in [-0.05, 0) is 56.8 Å². The lowest BCUT2D eigenvalue weighted by Gasteiger charge is -2.34. The first-order valence-corrected chi connectivity index (χ1v) is 12.4. The predicted molar refractivity (Wildman–Crippen MR) is 130 cm³/mol. The zero-order valence-electron chi connectivity index (χ0n) is 19.2. The average Bonchev–Trinajstić information content (AvgIpc) is 2.84. The number of imide groups is 1. The number of carbonyl (C=O) groups is 2. The number of aromatic nitrogens is 1. The van der Waals surface area contributed by atoms with Crippen molar-refractivity contribution in [3.05, 3.63) is 36.2 Å². The van der Waals surface area contributed by atoms with Gasteiger partial charge in [-0.2, -0.15) is 0 Å². The van der Waals surface area contributed by atoms with Gasteiger partial charge in [-0.25, -0.2) is 4.79 Å². The van der Waals surface area contributed by atoms with Crippen LogP contribution in [0, 0.1) is 23.7 Å². The number of hydrogen-bond acceptors (Lipinski definition) is 4. The zero-order chi connectivity index (χ0) is 22.6. The van der Waals surface area contributed by atoms with Crippen molar-refractivity contribution in [3.63, 3.8) is 0 Å². The Kier molecular flexibility index (Phi) is 6.59. The first-order valence-electron chi connectivity index (χ1n) is 12.4. The Morgan fingerprint density at radius 1 is 1.00 bits per heavy atom. The van der Waals surface area contributed by atoms with Gasteiger partial charge >= 0.3 is 6.03 Å². The lowest BCUT2D eigenvalue weighted by Crippen LogP contribution is -2.49. The third kappa shape index (κ3) is 5.20. The molecule has 1 aromatic heterocycles. The zero-order valence-corrected chi connectivity index (χ0v) is 19.2. The van der Waals surface area contributed by atoms with Gasteiger partial charge in [-0.3, -0.25) is 20.0 Å². The van der Waals surface area contributed by atoms with E-state index < -0.39 is 0 Å². The standard InChI is InChI=1S/C27H32N4O2/c32-26-12-15-31(27(33)29-26)25-18-28-17-23-16-21(8-9-24(23)25)7-6-20-10-13-30(14-11-20)19-22-4-2-1-3-5-22/h8-9,16-18,20,22H,1-5,10-15,19H2,(H,29,32,33). The summed E-state index contributed by atoms with van der Waals surface area (Å²) >= 11 is 0. The summed E-state index contributed by atoms with van der Waals surface area (Å²) in [5.74, 6) is 8.03. The molecule has 3 heterocycles. The molecule has 3 fully saturated rings. The summed E-state index contributed by atoms with van der Waals surface area (Å²) in [6.07, 6.45) is 13.2. The fourth-order valence-electron chi connectivity index (χ4n) is 5.43. The van der Waals surface area contributed by atoms with Gasteiger partial charge in [0.05, 0.1) is 11.9 Å². The molecule has 5 rings (SSSR count). The molecule has 2 aliphatic heterocycles. The number of nitrogens with zero attached hydrogens (tertiary/aromatic N) is 3. The number of piperidine rings is 1. The van der Waals surface area contributed by atoms with Crippen LogP contribution in [0.5, 0.6) is 0 Å². The topological polar surface area (TPSA) is 65.5 Å². The number of nitrogens with one attached hydrogen (secondary N) is 1. The first kappa shape index (κ1) is 21.9. The molecular weight excluding hydrogens is 412 g/mol. The van der Waals surface area contributed by atoms with Gasteiger partial charge in [-0.1, -0.05) is 37.2 Å². The number of pyridine rings is 1. The summed E-state index contributed by atoms with van der Waals surface area (Å²) in [5.41, 5.74) is 1.70. The summed E-state index contributed by atoms with van der Waals surface area (Å²) in [6.45, 7) is 3.98. The largest absolute Gasteiger partial charge is 0.328 e. The van der Waals surface area contributed by atoms with Gasteiger partial charge in [0, 0.05) is 48.0 Å². The van der Waals surface area contributed by atoms with E-state index in [0.29, 0.717) is 18.9 Å². The first-order chi connectivity index (χ1) is 16.2. The van der Waals surface area contributed by atoms with Crippen LogP contribution in [0.1, 0.15) is 56.9 Å². The van der Waals surface area contributed by atoms with Crippen molar-refractivity contribution in [2.75, 3.05) is 31.1 Å². The van der Waals surface area contributed by atoms with Gasteiger partial charge in [0.1, 0.15) is 0 Å². The number of anilines is 1. The molecule has 6 heteroatoms. The highest BCUT2D eigenvalue weighted by Crippen LogP contribution is 2.28. The normalized spacial score (nSPS) is 21.0. The van der Waals surface area contributed by atoms with Crippen molar-refractivity contribution in [2.45, 2.75) is 51.4 Å². The molecule has 2 saturated heterocycles. The SMILES string of the molecule is O=C1CCN(c2cncc3cc(C#CC4CCN(CC5CCCCC5)CC4)ccc23)C(=O)N1. The molecule has 0 bridgehead atoms. The van der Waals surface area contributed by atoms with Crippen molar-refractivity contribution in [2.24, 2.45) is 11.8 Å². The summed E-state index contributed by atoms with van der Waals surface area (Å²) in [4.78, 5) is 32.3. The highest BCUT2D eigenvalue weighted by Gasteiger charge is 2.26. The molecule has 0 radical (unpaired) electrons. The number of carbonyl (C=O) groups excluding carboxylic acids is 2. The van der Waals surface area contributed by atoms with E-state index >= 15 is 0 Å². The van der Waals surface area contributed by atoms with E-state index in [1.165, 1.54) is 51.7 Å². The molecule has 33 heavy (non-hydrogen) atoms. The number of benzene rings is 1. The number of urea groups is 1. The summed E-state index contributed by atoms with van der Waals surface area (Å²) in [5, 5.41) is 4.27. The third-order valence-electron chi connectivity index (χ3n) is 7.33. The Hall–Kier alpha value is -2.91. The molecule has 3 aliphatic rings. The van der Waals surface area contributed by atoms with Crippen molar-refractivity contribution >= 4 is 28.4 Å². The average molecular weight is 445 g/mol. The van der Waals surface area contributed by atoms with Gasteiger partial charge in [0.15, 0.2) is 0 Å². The van der Waals surface area contributed by atoms with Crippen LogP contribution in [0.2, 0.25) is 0 Å². The Morgan fingerprint density at radius 3 is 2.61 bits per heavy atom. The van der Waals surface area contributed by atoms with Gasteiger partial charge in [0.2, 0.25) is 5.91 Å². The molecule has 0 unspecified atom stereocenters. The van der Waals surface area contributed by atoms with Crippen LogP contribution in [0.4, 0.5) is 10.5 Å². The Balaban J connectivity index is 1.23. The maximum absolute atomic E-state index is 12.3. The maximum Gasteiger partial charge on any atom is 0.328 e. The van der Waals surface area contributed by atoms with E-state index in [2.05, 4.69) is 27.0 Å². The van der Waals surface area contributed by atoms with E-state index in [1.54, 1.807) is 17.3 Å². The second-order valence-corrected chi connectivity index (χ2v) is 9.70. The number of rotatable bonds is 3. The molecular formula is C27H32N4O2. The van der Waals surface area contributed by atoms with E-state index in [-0.39, 0.29) is 11.9 Å². The lowest BCUT2D eigenvalue weighted by atomic mass is 9.88. The van der Waals surface area contributed by atoms with Crippen LogP contribution in [-0.2, 0) is 4.79 Å². The highest BCUT2D eigenvalue weighted by molar-refractivity contribution is 6.09. The second kappa shape index (κ2) is 9.93. The monoisotopic (exact) mass is 444 g/mol. The molecule has 1 aliphatic carbocycles. The molecule has 1 aromatic carbocycles. The van der Waals surface area contributed by atoms with Crippen LogP contribution in [-0.4, -0.2) is 48.0 Å². The highest BCUT2D eigenvalue weighted by atomic mass is 16.2. The van der Waals surface area contributed by atoms with Crippen molar-refractivity contribution in [1.82, 2.24) is 15.2 Å². The molecule has 0 spiro atoms. The fourth-order valence-corrected chi connectivity index (χ4v) is 5.43. The van der Waals surface area contributed by atoms with Crippen LogP contribution in [0.15, 0.2) is 30.6 Å². The molecule has 172 valence electrons. The maximum atomic E-state index is 12.3. The minimum Gasteiger partial charge on any atom is -0.303 e. The van der Waals surface area contributed by atoms with Gasteiger partial charge < -0.3 is 4.90 Å². The molecule has 2 aromatic rings. The van der Waals surface area contributed by atoms with E-state index in [0.717, 1.165) is 40.8 Å². The molecule has 6 nitrogen and oxygen atoms in total. The van der Waals surface area contributed by atoms with E-state index in [1.807, 2.05) is 18.2 Å². The molecule has 3 amide bonds. The second-order valence-electron chi connectivity index (χ2n) is 9.70. The predicted octanol–water partition coefficient (Wildman–Crippen LogP) is 4.32. The van der Waals surface area contributed by atoms with E-state index in [4.69, 9.17) is 0 Å². The fraction of sp³-hybridized carbons (Fsp3) is 0.519. The van der Waals surface area contributed by atoms with Crippen LogP contribution in [0.25, 0.3) is 10.8 Å². The Labute approximate surface area is 195 Å². The van der Waals surface area contributed by atoms with Crippen molar-refractivity contribution in [1.29, 1.82) is 0 Å². The molecule has 1 saturated carbocycles. The Morgan fingerprint density at radius 2 is 1.82 bits per heavy atom. The Bertz CT molecular complexity index is 1090. The molecule has 1 N–H and O–H groups in total. The van der Waals surface area contributed by atoms with Crippen LogP contribution >= 0.6 is 0 Å². The van der Waals surface area contributed by atoms with Gasteiger partial charge in [-0.15, -0.1) is 0 Å². The van der Waals surface area contributed by atoms with Crippen LogP contribution < -0.4 is 10.2 Å². The number of fused-ring (bicyclic) bond motifs is 1. The summed E-state index contributed by atoms with van der Waals surface area (Å²) < 4.78 is 0. The van der Waals surface area contributed by atoms with Gasteiger partial charge in [0.25, 0.3) is 0 Å². The summed E-state index contributed by atoms with van der Waals surface area (Å²) in [7, 11) is 0. The lowest BCUT2D eigenvalue weighted by molar-refractivity contribution is -0.120. The summed E-state index contributed by atoms with van der Waals surface area (Å²) in [6, 6.07) is 5.68. The number of likely N-dealkylation sites (tertiary alicyclic amines) is 1. The van der Waals surface area contributed by atoms with Crippen molar-refractivity contribution < 1.29 is 9.59 Å². The quantitative estimate of drug-likeness (QED) is 0.716. The van der Waals surface area contributed by atoms with Crippen LogP contribution in [0.3, 0.4) is 0 Å². The minimum absolute atomic E-state index is 0.234. The van der Waals surface area contributed by atoms with E-state index in [9.17, 15) is 9.59 Å².